The van der Waals surface area contributed by atoms with E-state index in [0.29, 0.717) is 6.04 Å². The summed E-state index contributed by atoms with van der Waals surface area (Å²) in [6.45, 7) is 3.82. The Bertz CT molecular complexity index is 513. The normalized spacial score (nSPS) is 15.2. The van der Waals surface area contributed by atoms with E-state index in [4.69, 9.17) is 0 Å². The number of thiophene rings is 1. The highest BCUT2D eigenvalue weighted by atomic mass is 32.1. The summed E-state index contributed by atoms with van der Waals surface area (Å²) in [7, 11) is 0. The molecule has 0 aromatic carbocycles. The average Bonchev–Trinajstić information content (AvgIpc) is 2.93. The molecule has 3 rings (SSSR count). The predicted octanol–water partition coefficient (Wildman–Crippen LogP) is 2.20. The third kappa shape index (κ3) is 2.97. The van der Waals surface area contributed by atoms with Crippen LogP contribution in [0.15, 0.2) is 18.5 Å². The first-order valence-corrected chi connectivity index (χ1v) is 7.34. The molecule has 0 radical (unpaired) electrons. The number of nitrogens with zero attached hydrogens (tertiary/aromatic N) is 3. The van der Waals surface area contributed by atoms with Gasteiger partial charge in [-0.05, 0) is 31.4 Å². The van der Waals surface area contributed by atoms with Crippen molar-refractivity contribution >= 4 is 11.3 Å². The third-order valence-corrected chi connectivity index (χ3v) is 4.31. The minimum absolute atomic E-state index is 0.710. The third-order valence-electron chi connectivity index (χ3n) is 3.09. The van der Waals surface area contributed by atoms with Crippen molar-refractivity contribution in [1.29, 1.82) is 0 Å². The lowest BCUT2D eigenvalue weighted by molar-refractivity contribution is 0.630. The van der Waals surface area contributed by atoms with E-state index in [1.807, 2.05) is 22.3 Å². The van der Waals surface area contributed by atoms with Gasteiger partial charge in [0.15, 0.2) is 5.82 Å². The molecule has 2 aromatic heterocycles. The fourth-order valence-electron chi connectivity index (χ4n) is 1.87. The van der Waals surface area contributed by atoms with Crippen LogP contribution in [0.4, 0.5) is 0 Å². The van der Waals surface area contributed by atoms with Crippen molar-refractivity contribution in [1.82, 2.24) is 20.1 Å². The van der Waals surface area contributed by atoms with Gasteiger partial charge in [-0.3, -0.25) is 0 Å². The van der Waals surface area contributed by atoms with E-state index in [-0.39, 0.29) is 0 Å². The van der Waals surface area contributed by atoms with Crippen molar-refractivity contribution in [2.24, 2.45) is 0 Å². The van der Waals surface area contributed by atoms with Gasteiger partial charge in [0.05, 0.1) is 13.1 Å². The fourth-order valence-corrected chi connectivity index (χ4v) is 2.82. The predicted molar refractivity (Wildman–Crippen MR) is 72.7 cm³/mol. The van der Waals surface area contributed by atoms with Crippen LogP contribution in [-0.2, 0) is 19.5 Å². The molecule has 0 spiro atoms. The summed E-state index contributed by atoms with van der Waals surface area (Å²) in [5.41, 5.74) is 0. The topological polar surface area (TPSA) is 42.7 Å². The quantitative estimate of drug-likeness (QED) is 0.868. The van der Waals surface area contributed by atoms with Gasteiger partial charge in [0.1, 0.15) is 6.33 Å². The molecule has 1 saturated carbocycles. The molecule has 0 unspecified atom stereocenters. The zero-order chi connectivity index (χ0) is 12.4. The zero-order valence-electron chi connectivity index (χ0n) is 10.6. The maximum Gasteiger partial charge on any atom is 0.164 e. The molecule has 1 fully saturated rings. The monoisotopic (exact) mass is 262 g/mol. The molecule has 0 aliphatic heterocycles. The number of aromatic nitrogens is 3. The maximum atomic E-state index is 4.49. The maximum absolute atomic E-state index is 4.49. The highest BCUT2D eigenvalue weighted by Gasteiger charge is 2.20. The smallest absolute Gasteiger partial charge is 0.164 e. The highest BCUT2D eigenvalue weighted by Crippen LogP contribution is 2.19. The van der Waals surface area contributed by atoms with Crippen molar-refractivity contribution in [2.75, 3.05) is 0 Å². The lowest BCUT2D eigenvalue weighted by Crippen LogP contribution is -2.16. The number of aryl methyl sites for hydroxylation is 1. The van der Waals surface area contributed by atoms with Crippen LogP contribution in [0.5, 0.6) is 0 Å². The highest BCUT2D eigenvalue weighted by molar-refractivity contribution is 7.11. The molecule has 0 amide bonds. The van der Waals surface area contributed by atoms with Crippen molar-refractivity contribution in [3.05, 3.63) is 34.0 Å². The van der Waals surface area contributed by atoms with Gasteiger partial charge in [0, 0.05) is 15.8 Å². The van der Waals surface area contributed by atoms with Crippen LogP contribution in [0.25, 0.3) is 0 Å². The fraction of sp³-hybridized carbons (Fsp3) is 0.538. The van der Waals surface area contributed by atoms with Gasteiger partial charge in [0.2, 0.25) is 0 Å². The Morgan fingerprint density at radius 3 is 2.94 bits per heavy atom. The van der Waals surface area contributed by atoms with Crippen LogP contribution in [0, 0.1) is 0 Å². The van der Waals surface area contributed by atoms with Crippen molar-refractivity contribution in [2.45, 2.75) is 45.3 Å². The largest absolute Gasteiger partial charge is 0.307 e. The van der Waals surface area contributed by atoms with Crippen molar-refractivity contribution < 1.29 is 0 Å². The lowest BCUT2D eigenvalue weighted by atomic mass is 10.4. The summed E-state index contributed by atoms with van der Waals surface area (Å²) < 4.78 is 1.93. The summed E-state index contributed by atoms with van der Waals surface area (Å²) >= 11 is 1.86. The Morgan fingerprint density at radius 1 is 1.39 bits per heavy atom. The first kappa shape index (κ1) is 11.9. The Morgan fingerprint density at radius 2 is 2.22 bits per heavy atom. The molecule has 18 heavy (non-hydrogen) atoms. The molecule has 5 heteroatoms. The van der Waals surface area contributed by atoms with Crippen LogP contribution in [0.3, 0.4) is 0 Å². The number of nitrogens with one attached hydrogen (secondary N) is 1. The van der Waals surface area contributed by atoms with Crippen molar-refractivity contribution in [3.8, 4) is 0 Å². The van der Waals surface area contributed by atoms with Crippen LogP contribution in [-0.4, -0.2) is 20.8 Å². The molecule has 0 atom stereocenters. The molecule has 0 saturated heterocycles. The van der Waals surface area contributed by atoms with Gasteiger partial charge < -0.3 is 5.32 Å². The molecule has 1 aliphatic carbocycles. The van der Waals surface area contributed by atoms with Gasteiger partial charge in [-0.15, -0.1) is 11.3 Å². The Labute approximate surface area is 111 Å². The minimum Gasteiger partial charge on any atom is -0.307 e. The SMILES string of the molecule is CCc1ccc(Cn2cnc(CNC3CC3)n2)s1. The molecule has 96 valence electrons. The van der Waals surface area contributed by atoms with Gasteiger partial charge in [-0.1, -0.05) is 6.92 Å². The van der Waals surface area contributed by atoms with E-state index in [9.17, 15) is 0 Å². The molecule has 0 bridgehead atoms. The van der Waals surface area contributed by atoms with Crippen LogP contribution in [0.1, 0.15) is 35.3 Å². The summed E-state index contributed by atoms with van der Waals surface area (Å²) in [4.78, 5) is 7.11. The molecule has 1 N–H and O–H groups in total. The second-order valence-electron chi connectivity index (χ2n) is 4.74. The summed E-state index contributed by atoms with van der Waals surface area (Å²) in [6.07, 6.45) is 5.54. The van der Waals surface area contributed by atoms with E-state index < -0.39 is 0 Å². The second-order valence-corrected chi connectivity index (χ2v) is 5.99. The van der Waals surface area contributed by atoms with E-state index >= 15 is 0 Å². The number of rotatable bonds is 6. The Kier molecular flexibility index (Phi) is 3.43. The van der Waals surface area contributed by atoms with Crippen LogP contribution >= 0.6 is 11.3 Å². The Hall–Kier alpha value is -1.20. The first-order valence-electron chi connectivity index (χ1n) is 6.53. The Balaban J connectivity index is 1.58. The van der Waals surface area contributed by atoms with Gasteiger partial charge in [0.25, 0.3) is 0 Å². The van der Waals surface area contributed by atoms with E-state index in [1.165, 1.54) is 22.6 Å². The summed E-state index contributed by atoms with van der Waals surface area (Å²) in [6, 6.07) is 5.10. The van der Waals surface area contributed by atoms with Gasteiger partial charge >= 0.3 is 0 Å². The van der Waals surface area contributed by atoms with Crippen LogP contribution < -0.4 is 5.32 Å². The number of hydrogen-bond acceptors (Lipinski definition) is 4. The van der Waals surface area contributed by atoms with E-state index in [2.05, 4.69) is 34.5 Å². The minimum atomic E-state index is 0.710. The molecule has 2 heterocycles. The zero-order valence-corrected chi connectivity index (χ0v) is 11.4. The van der Waals surface area contributed by atoms with Crippen molar-refractivity contribution in [3.63, 3.8) is 0 Å². The van der Waals surface area contributed by atoms with Gasteiger partial charge in [-0.2, -0.15) is 5.10 Å². The standard InChI is InChI=1S/C13H18N4S/c1-2-11-5-6-12(18-11)8-17-9-15-13(16-17)7-14-10-3-4-10/h5-6,9-10,14H,2-4,7-8H2,1H3. The van der Waals surface area contributed by atoms with E-state index in [0.717, 1.165) is 25.3 Å². The molecule has 2 aromatic rings. The van der Waals surface area contributed by atoms with Crippen LogP contribution in [0.2, 0.25) is 0 Å². The summed E-state index contributed by atoms with van der Waals surface area (Å²) in [5, 5.41) is 7.92. The number of hydrogen-bond donors (Lipinski definition) is 1. The molecular weight excluding hydrogens is 244 g/mol. The second kappa shape index (κ2) is 5.20. The van der Waals surface area contributed by atoms with E-state index in [1.54, 1.807) is 0 Å². The van der Waals surface area contributed by atoms with Gasteiger partial charge in [-0.25, -0.2) is 9.67 Å². The molecule has 1 aliphatic rings. The average molecular weight is 262 g/mol. The summed E-state index contributed by atoms with van der Waals surface area (Å²) in [5.74, 6) is 0.897. The molecule has 4 nitrogen and oxygen atoms in total. The molecular formula is C13H18N4S. The first-order chi connectivity index (χ1) is 8.83. The lowest BCUT2D eigenvalue weighted by Gasteiger charge is -1.98.